The summed E-state index contributed by atoms with van der Waals surface area (Å²) in [6.45, 7) is 5.05. The molecule has 22 heavy (non-hydrogen) atoms. The molecule has 1 heterocycles. The van der Waals surface area contributed by atoms with Gasteiger partial charge in [-0.2, -0.15) is 0 Å². The largest absolute Gasteiger partial charge is 0.392 e. The number of anilines is 1. The van der Waals surface area contributed by atoms with Crippen molar-refractivity contribution in [2.75, 3.05) is 37.7 Å². The lowest BCUT2D eigenvalue weighted by molar-refractivity contribution is 0.109. The molecule has 2 aliphatic rings. The fraction of sp³-hybridized carbons (Fsp3) is 0.667. The summed E-state index contributed by atoms with van der Waals surface area (Å²) < 4.78 is 5.44. The van der Waals surface area contributed by atoms with E-state index in [0.29, 0.717) is 12.5 Å². The van der Waals surface area contributed by atoms with Crippen LogP contribution in [0.15, 0.2) is 24.3 Å². The van der Waals surface area contributed by atoms with Gasteiger partial charge >= 0.3 is 0 Å². The number of aliphatic hydroxyl groups is 1. The molecule has 0 aromatic heterocycles. The highest BCUT2D eigenvalue weighted by molar-refractivity contribution is 5.53. The summed E-state index contributed by atoms with van der Waals surface area (Å²) >= 11 is 0. The Kier molecular flexibility index (Phi) is 5.70. The quantitative estimate of drug-likeness (QED) is 0.845. The van der Waals surface area contributed by atoms with Crippen molar-refractivity contribution >= 4 is 5.69 Å². The maximum atomic E-state index is 10.3. The number of hydrogen-bond acceptors (Lipinski definition) is 4. The summed E-state index contributed by atoms with van der Waals surface area (Å²) in [6, 6.07) is 8.56. The molecule has 122 valence electrons. The van der Waals surface area contributed by atoms with Crippen LogP contribution in [0.1, 0.15) is 31.2 Å². The number of benzene rings is 1. The Bertz CT molecular complexity index is 454. The van der Waals surface area contributed by atoms with Gasteiger partial charge in [-0.25, -0.2) is 0 Å². The van der Waals surface area contributed by atoms with E-state index in [9.17, 15) is 5.11 Å². The van der Waals surface area contributed by atoms with E-state index in [1.54, 1.807) is 0 Å². The number of aliphatic hydroxyl groups excluding tert-OH is 1. The third-order valence-electron chi connectivity index (χ3n) is 4.96. The van der Waals surface area contributed by atoms with E-state index in [0.717, 1.165) is 32.8 Å². The summed E-state index contributed by atoms with van der Waals surface area (Å²) in [5, 5.41) is 13.7. The van der Waals surface area contributed by atoms with Gasteiger partial charge < -0.3 is 20.1 Å². The first-order chi connectivity index (χ1) is 10.8. The first-order valence-electron chi connectivity index (χ1n) is 8.64. The van der Waals surface area contributed by atoms with Crippen LogP contribution >= 0.6 is 0 Å². The van der Waals surface area contributed by atoms with Crippen LogP contribution in [-0.4, -0.2) is 44.1 Å². The molecule has 0 bridgehead atoms. The highest BCUT2D eigenvalue weighted by Gasteiger charge is 2.22. The molecule has 3 rings (SSSR count). The Morgan fingerprint density at radius 1 is 1.18 bits per heavy atom. The maximum absolute atomic E-state index is 10.3. The molecule has 1 saturated carbocycles. The summed E-state index contributed by atoms with van der Waals surface area (Å²) in [6.07, 6.45) is 4.74. The number of ether oxygens (including phenoxy) is 1. The van der Waals surface area contributed by atoms with Gasteiger partial charge in [-0.15, -0.1) is 0 Å². The molecular formula is C18H28N2O2. The molecule has 2 N–H and O–H groups in total. The van der Waals surface area contributed by atoms with Gasteiger partial charge in [0.05, 0.1) is 19.3 Å². The fourth-order valence-electron chi connectivity index (χ4n) is 3.64. The molecule has 2 fully saturated rings. The van der Waals surface area contributed by atoms with Crippen molar-refractivity contribution in [3.8, 4) is 0 Å². The standard InChI is InChI=1S/C18H28N2O2/c21-18(15-5-1-2-6-15)14-19-13-16-7-3-4-8-17(16)20-9-11-22-12-10-20/h3-4,7-8,15,18-19,21H,1-2,5-6,9-14H2. The lowest BCUT2D eigenvalue weighted by Crippen LogP contribution is -2.37. The number of rotatable bonds is 6. The van der Waals surface area contributed by atoms with Gasteiger partial charge in [-0.05, 0) is 30.4 Å². The minimum Gasteiger partial charge on any atom is -0.392 e. The molecule has 1 unspecified atom stereocenters. The lowest BCUT2D eigenvalue weighted by Gasteiger charge is -2.30. The van der Waals surface area contributed by atoms with E-state index >= 15 is 0 Å². The van der Waals surface area contributed by atoms with Crippen molar-refractivity contribution in [1.29, 1.82) is 0 Å². The predicted octanol–water partition coefficient (Wildman–Crippen LogP) is 2.16. The van der Waals surface area contributed by atoms with E-state index in [1.807, 2.05) is 0 Å². The highest BCUT2D eigenvalue weighted by atomic mass is 16.5. The number of nitrogens with zero attached hydrogens (tertiary/aromatic N) is 1. The van der Waals surface area contributed by atoms with Crippen molar-refractivity contribution in [3.63, 3.8) is 0 Å². The monoisotopic (exact) mass is 304 g/mol. The van der Waals surface area contributed by atoms with Crippen molar-refractivity contribution in [1.82, 2.24) is 5.32 Å². The smallest absolute Gasteiger partial charge is 0.0692 e. The summed E-state index contributed by atoms with van der Waals surface area (Å²) in [5.74, 6) is 0.502. The first-order valence-corrected chi connectivity index (χ1v) is 8.64. The third kappa shape index (κ3) is 4.00. The molecule has 1 aliphatic heterocycles. The first kappa shape index (κ1) is 15.8. The molecule has 1 aromatic carbocycles. The minimum atomic E-state index is -0.196. The van der Waals surface area contributed by atoms with E-state index in [4.69, 9.17) is 4.74 Å². The molecule has 1 aromatic rings. The lowest BCUT2D eigenvalue weighted by atomic mass is 10.0. The fourth-order valence-corrected chi connectivity index (χ4v) is 3.64. The Morgan fingerprint density at radius 2 is 1.91 bits per heavy atom. The molecule has 0 amide bonds. The van der Waals surface area contributed by atoms with Crippen LogP contribution < -0.4 is 10.2 Å². The average Bonchev–Trinajstić information content (AvgIpc) is 3.11. The number of hydrogen-bond donors (Lipinski definition) is 2. The van der Waals surface area contributed by atoms with E-state index < -0.39 is 0 Å². The summed E-state index contributed by atoms with van der Waals surface area (Å²) in [5.41, 5.74) is 2.61. The second-order valence-electron chi connectivity index (χ2n) is 6.47. The number of nitrogens with one attached hydrogen (secondary N) is 1. The summed E-state index contributed by atoms with van der Waals surface area (Å²) in [7, 11) is 0. The Hall–Kier alpha value is -1.10. The maximum Gasteiger partial charge on any atom is 0.0692 e. The van der Waals surface area contributed by atoms with Crippen molar-refractivity contribution < 1.29 is 9.84 Å². The number of para-hydroxylation sites is 1. The van der Waals surface area contributed by atoms with E-state index in [1.165, 1.54) is 36.9 Å². The zero-order valence-electron chi connectivity index (χ0n) is 13.3. The molecular weight excluding hydrogens is 276 g/mol. The van der Waals surface area contributed by atoms with E-state index in [-0.39, 0.29) is 6.10 Å². The van der Waals surface area contributed by atoms with Crippen LogP contribution in [0.25, 0.3) is 0 Å². The van der Waals surface area contributed by atoms with Gasteiger partial charge in [-0.3, -0.25) is 0 Å². The van der Waals surface area contributed by atoms with Gasteiger partial charge in [0.15, 0.2) is 0 Å². The van der Waals surface area contributed by atoms with Gasteiger partial charge in [-0.1, -0.05) is 31.0 Å². The molecule has 0 radical (unpaired) electrons. The van der Waals surface area contributed by atoms with E-state index in [2.05, 4.69) is 34.5 Å². The highest BCUT2D eigenvalue weighted by Crippen LogP contribution is 2.27. The van der Waals surface area contributed by atoms with Crippen molar-refractivity contribution in [2.24, 2.45) is 5.92 Å². The zero-order chi connectivity index (χ0) is 15.2. The molecule has 4 nitrogen and oxygen atoms in total. The Balaban J connectivity index is 1.53. The molecule has 0 spiro atoms. The topological polar surface area (TPSA) is 44.7 Å². The van der Waals surface area contributed by atoms with Gasteiger partial charge in [0.25, 0.3) is 0 Å². The average molecular weight is 304 g/mol. The zero-order valence-corrected chi connectivity index (χ0v) is 13.3. The second kappa shape index (κ2) is 7.95. The third-order valence-corrected chi connectivity index (χ3v) is 4.96. The van der Waals surface area contributed by atoms with Crippen LogP contribution in [0.5, 0.6) is 0 Å². The van der Waals surface area contributed by atoms with Crippen LogP contribution in [0.3, 0.4) is 0 Å². The van der Waals surface area contributed by atoms with Crippen LogP contribution in [0.2, 0.25) is 0 Å². The van der Waals surface area contributed by atoms with Gasteiger partial charge in [0.2, 0.25) is 0 Å². The minimum absolute atomic E-state index is 0.196. The summed E-state index contributed by atoms with van der Waals surface area (Å²) in [4.78, 5) is 2.40. The van der Waals surface area contributed by atoms with Crippen LogP contribution in [0, 0.1) is 5.92 Å². The molecule has 1 aliphatic carbocycles. The Morgan fingerprint density at radius 3 is 2.68 bits per heavy atom. The predicted molar refractivity (Wildman–Crippen MR) is 89.1 cm³/mol. The Labute approximate surface area is 133 Å². The SMILES string of the molecule is OC(CNCc1ccccc1N1CCOCC1)C1CCCC1. The van der Waals surface area contributed by atoms with Crippen molar-refractivity contribution in [2.45, 2.75) is 38.3 Å². The normalized spacial score (nSPS) is 21.2. The second-order valence-corrected chi connectivity index (χ2v) is 6.47. The van der Waals surface area contributed by atoms with Crippen LogP contribution in [-0.2, 0) is 11.3 Å². The number of morpholine rings is 1. The molecule has 1 atom stereocenters. The molecule has 4 heteroatoms. The van der Waals surface area contributed by atoms with Gasteiger partial charge in [0, 0.05) is 31.9 Å². The van der Waals surface area contributed by atoms with Gasteiger partial charge in [0.1, 0.15) is 0 Å². The van der Waals surface area contributed by atoms with Crippen molar-refractivity contribution in [3.05, 3.63) is 29.8 Å². The van der Waals surface area contributed by atoms with Crippen LogP contribution in [0.4, 0.5) is 5.69 Å². The molecule has 1 saturated heterocycles.